The molecule has 0 saturated heterocycles. The normalized spacial score (nSPS) is 12.6. The van der Waals surface area contributed by atoms with Crippen LogP contribution in [0.5, 0.6) is 11.5 Å². The van der Waals surface area contributed by atoms with E-state index in [-0.39, 0.29) is 33.9 Å². The highest BCUT2D eigenvalue weighted by Crippen LogP contribution is 2.38. The first-order valence-corrected chi connectivity index (χ1v) is 14.5. The summed E-state index contributed by atoms with van der Waals surface area (Å²) in [4.78, 5) is 48.1. The van der Waals surface area contributed by atoms with Crippen molar-refractivity contribution in [1.82, 2.24) is 9.97 Å². The first-order valence-electron chi connectivity index (χ1n) is 12.4. The van der Waals surface area contributed by atoms with Crippen molar-refractivity contribution in [2.45, 2.75) is 87.2 Å². The van der Waals surface area contributed by atoms with Gasteiger partial charge in [0.1, 0.15) is 16.9 Å². The molecule has 0 bridgehead atoms. The highest BCUT2D eigenvalue weighted by Gasteiger charge is 2.51. The Bertz CT molecular complexity index is 1070. The van der Waals surface area contributed by atoms with E-state index in [0.29, 0.717) is 10.6 Å². The molecule has 0 N–H and O–H groups in total. The molecule has 8 heteroatoms. The summed E-state index contributed by atoms with van der Waals surface area (Å²) < 4.78 is 12.1. The minimum atomic E-state index is -2.99. The Morgan fingerprint density at radius 3 is 1.47 bits per heavy atom. The zero-order valence-electron chi connectivity index (χ0n) is 23.5. The summed E-state index contributed by atoms with van der Waals surface area (Å²) in [7, 11) is -2.99. The molecule has 0 saturated carbocycles. The van der Waals surface area contributed by atoms with Crippen molar-refractivity contribution in [2.24, 2.45) is 10.8 Å². The first-order chi connectivity index (χ1) is 16.4. The van der Waals surface area contributed by atoms with Crippen molar-refractivity contribution in [2.75, 3.05) is 0 Å². The van der Waals surface area contributed by atoms with Gasteiger partial charge in [-0.2, -0.15) is 0 Å². The summed E-state index contributed by atoms with van der Waals surface area (Å²) in [6.45, 7) is 20.4. The van der Waals surface area contributed by atoms with E-state index in [1.54, 1.807) is 72.1 Å². The van der Waals surface area contributed by atoms with Gasteiger partial charge in [0.2, 0.25) is 0 Å². The molecule has 0 aliphatic carbocycles. The third-order valence-electron chi connectivity index (χ3n) is 6.27. The Morgan fingerprint density at radius 2 is 1.17 bits per heavy atom. The van der Waals surface area contributed by atoms with Crippen LogP contribution in [0.2, 0.25) is 11.1 Å². The number of ether oxygens (including phenoxy) is 2. The zero-order chi connectivity index (χ0) is 27.6. The second-order valence-corrected chi connectivity index (χ2v) is 16.9. The highest BCUT2D eigenvalue weighted by atomic mass is 28.3. The number of nitrogens with zero attached hydrogens (tertiary/aromatic N) is 2. The summed E-state index contributed by atoms with van der Waals surface area (Å²) in [6.07, 6.45) is 3.39. The lowest BCUT2D eigenvalue weighted by Gasteiger charge is -2.40. The van der Waals surface area contributed by atoms with E-state index in [1.807, 2.05) is 0 Å². The maximum atomic E-state index is 13.1. The van der Waals surface area contributed by atoms with Crippen LogP contribution in [0.1, 0.15) is 86.5 Å². The van der Waals surface area contributed by atoms with Gasteiger partial charge < -0.3 is 9.47 Å². The SMILES string of the molecule is CC(=O)c1cc(OC(=O)C(C)(C)C)c([Si](c2ncccn2)(C(C)C)C(C)C)c(OC(=O)C(C)(C)C)c1. The number of carbonyl (C=O) groups excluding carboxylic acids is 3. The monoisotopic (exact) mass is 512 g/mol. The van der Waals surface area contributed by atoms with Crippen LogP contribution in [0, 0.1) is 10.8 Å². The molecule has 0 aliphatic heterocycles. The van der Waals surface area contributed by atoms with Crippen molar-refractivity contribution in [3.63, 3.8) is 0 Å². The number of hydrogen-bond acceptors (Lipinski definition) is 7. The predicted octanol–water partition coefficient (Wildman–Crippen LogP) is 4.97. The van der Waals surface area contributed by atoms with Gasteiger partial charge in [-0.25, -0.2) is 9.97 Å². The van der Waals surface area contributed by atoms with Crippen molar-refractivity contribution >= 4 is 36.4 Å². The van der Waals surface area contributed by atoms with Crippen molar-refractivity contribution < 1.29 is 23.9 Å². The van der Waals surface area contributed by atoms with Crippen LogP contribution in [0.3, 0.4) is 0 Å². The van der Waals surface area contributed by atoms with Crippen molar-refractivity contribution in [3.8, 4) is 11.5 Å². The smallest absolute Gasteiger partial charge is 0.316 e. The maximum absolute atomic E-state index is 13.1. The van der Waals surface area contributed by atoms with Gasteiger partial charge >= 0.3 is 11.9 Å². The fraction of sp³-hybridized carbons (Fsp3) is 0.536. The fourth-order valence-electron chi connectivity index (χ4n) is 4.25. The third kappa shape index (κ3) is 5.91. The minimum absolute atomic E-state index is 0.0299. The molecule has 0 amide bonds. The lowest BCUT2D eigenvalue weighted by Crippen LogP contribution is -2.65. The number of aromatic nitrogens is 2. The summed E-state index contributed by atoms with van der Waals surface area (Å²) in [5, 5.41) is 0.610. The second-order valence-electron chi connectivity index (χ2n) is 11.9. The Balaban J connectivity index is 3.09. The molecule has 0 aliphatic rings. The molecular formula is C28H40N2O5Si. The first kappa shape index (κ1) is 29.4. The van der Waals surface area contributed by atoms with E-state index in [9.17, 15) is 14.4 Å². The van der Waals surface area contributed by atoms with E-state index in [1.165, 1.54) is 6.92 Å². The number of carbonyl (C=O) groups is 3. The number of benzene rings is 1. The average molecular weight is 513 g/mol. The fourth-order valence-corrected chi connectivity index (χ4v) is 9.64. The van der Waals surface area contributed by atoms with E-state index >= 15 is 0 Å². The molecule has 36 heavy (non-hydrogen) atoms. The second kappa shape index (κ2) is 10.6. The van der Waals surface area contributed by atoms with Crippen LogP contribution in [0.15, 0.2) is 30.6 Å². The quantitative estimate of drug-likeness (QED) is 0.224. The van der Waals surface area contributed by atoms with Gasteiger partial charge in [0, 0.05) is 23.1 Å². The average Bonchev–Trinajstić information content (AvgIpc) is 2.74. The van der Waals surface area contributed by atoms with Gasteiger partial charge in [-0.1, -0.05) is 27.7 Å². The molecule has 0 radical (unpaired) electrons. The van der Waals surface area contributed by atoms with Gasteiger partial charge in [0.25, 0.3) is 0 Å². The molecule has 0 atom stereocenters. The molecule has 0 unspecified atom stereocenters. The van der Waals surface area contributed by atoms with Crippen LogP contribution >= 0.6 is 0 Å². The third-order valence-corrected chi connectivity index (χ3v) is 12.2. The van der Waals surface area contributed by atoms with Gasteiger partial charge in [-0.05, 0) is 77.7 Å². The zero-order valence-corrected chi connectivity index (χ0v) is 24.5. The van der Waals surface area contributed by atoms with Gasteiger partial charge in [0.15, 0.2) is 13.9 Å². The molecular weight excluding hydrogens is 472 g/mol. The Kier molecular flexibility index (Phi) is 8.66. The van der Waals surface area contributed by atoms with Crippen LogP contribution in [-0.4, -0.2) is 35.8 Å². The summed E-state index contributed by atoms with van der Waals surface area (Å²) >= 11 is 0. The number of hydrogen-bond donors (Lipinski definition) is 0. The molecule has 2 aromatic rings. The van der Waals surface area contributed by atoms with Gasteiger partial charge in [-0.15, -0.1) is 0 Å². The Hall–Kier alpha value is -2.87. The lowest BCUT2D eigenvalue weighted by molar-refractivity contribution is -0.143. The van der Waals surface area contributed by atoms with Gasteiger partial charge in [-0.3, -0.25) is 14.4 Å². The molecule has 1 heterocycles. The molecule has 1 aromatic heterocycles. The Morgan fingerprint density at radius 1 is 0.778 bits per heavy atom. The molecule has 1 aromatic carbocycles. The lowest BCUT2D eigenvalue weighted by atomic mass is 9.97. The summed E-state index contributed by atoms with van der Waals surface area (Å²) in [6, 6.07) is 4.93. The number of ketones is 1. The number of Topliss-reactive ketones (excluding diaryl/α,β-unsaturated/α-hetero) is 1. The van der Waals surface area contributed by atoms with E-state index in [0.717, 1.165) is 0 Å². The van der Waals surface area contributed by atoms with E-state index in [2.05, 4.69) is 37.7 Å². The number of esters is 2. The van der Waals surface area contributed by atoms with Crippen molar-refractivity contribution in [3.05, 3.63) is 36.2 Å². The summed E-state index contributed by atoms with van der Waals surface area (Å²) in [5.41, 5.74) is -0.600. The van der Waals surface area contributed by atoms with Crippen LogP contribution in [0.25, 0.3) is 0 Å². The molecule has 196 valence electrons. The van der Waals surface area contributed by atoms with Crippen LogP contribution < -0.4 is 20.1 Å². The summed E-state index contributed by atoms with van der Waals surface area (Å²) in [5.74, 6) is -0.703. The maximum Gasteiger partial charge on any atom is 0.316 e. The van der Waals surface area contributed by atoms with E-state index < -0.39 is 30.8 Å². The minimum Gasteiger partial charge on any atom is -0.426 e. The molecule has 2 rings (SSSR count). The van der Waals surface area contributed by atoms with Crippen LogP contribution in [-0.2, 0) is 9.59 Å². The topological polar surface area (TPSA) is 95.5 Å². The molecule has 0 fully saturated rings. The highest BCUT2D eigenvalue weighted by molar-refractivity contribution is 7.04. The predicted molar refractivity (Wildman–Crippen MR) is 144 cm³/mol. The van der Waals surface area contributed by atoms with Crippen molar-refractivity contribution in [1.29, 1.82) is 0 Å². The van der Waals surface area contributed by atoms with Crippen LogP contribution in [0.4, 0.5) is 0 Å². The largest absolute Gasteiger partial charge is 0.426 e. The van der Waals surface area contributed by atoms with Gasteiger partial charge in [0.05, 0.1) is 10.8 Å². The Labute approximate surface area is 216 Å². The van der Waals surface area contributed by atoms with E-state index in [4.69, 9.17) is 9.47 Å². The number of rotatable bonds is 7. The molecule has 7 nitrogen and oxygen atoms in total. The molecule has 0 spiro atoms. The standard InChI is InChI=1S/C28H40N2O5Si/c1-17(2)36(18(3)4,26-29-13-12-14-30-26)23-21(34-24(32)27(6,7)8)15-20(19(5)31)16-22(23)35-25(33)28(9,10)11/h12-18H,1-11H3.